The second-order valence-electron chi connectivity index (χ2n) is 3.91. The third kappa shape index (κ3) is 4.20. The van der Waals surface area contributed by atoms with Crippen molar-refractivity contribution in [1.82, 2.24) is 5.32 Å². The van der Waals surface area contributed by atoms with E-state index in [1.165, 1.54) is 12.1 Å². The lowest BCUT2D eigenvalue weighted by atomic mass is 10.1. The number of esters is 1. The zero-order valence-corrected chi connectivity index (χ0v) is 10.8. The molecule has 7 nitrogen and oxygen atoms in total. The van der Waals surface area contributed by atoms with Crippen LogP contribution in [0.5, 0.6) is 0 Å². The number of rotatable bonds is 6. The van der Waals surface area contributed by atoms with E-state index in [-0.39, 0.29) is 5.56 Å². The lowest BCUT2D eigenvalue weighted by molar-refractivity contribution is -0.147. The number of benzene rings is 1. The number of aliphatic carboxylic acids is 1. The minimum atomic E-state index is -1.35. The van der Waals surface area contributed by atoms with Gasteiger partial charge in [0.1, 0.15) is 6.04 Å². The summed E-state index contributed by atoms with van der Waals surface area (Å²) in [7, 11) is 1.14. The van der Waals surface area contributed by atoms with Gasteiger partial charge in [-0.25, -0.2) is 4.79 Å². The second kappa shape index (κ2) is 7.03. The first kappa shape index (κ1) is 15.4. The van der Waals surface area contributed by atoms with E-state index in [0.717, 1.165) is 13.3 Å². The van der Waals surface area contributed by atoms with Gasteiger partial charge in [-0.1, -0.05) is 12.1 Å². The van der Waals surface area contributed by atoms with Crippen molar-refractivity contribution in [2.45, 2.75) is 12.5 Å². The van der Waals surface area contributed by atoms with E-state index in [1.54, 1.807) is 12.1 Å². The van der Waals surface area contributed by atoms with Crippen molar-refractivity contribution < 1.29 is 24.2 Å². The fraction of sp³-hybridized carbons (Fsp3) is 0.231. The zero-order valence-electron chi connectivity index (χ0n) is 10.8. The van der Waals surface area contributed by atoms with Gasteiger partial charge in [0.05, 0.1) is 13.5 Å². The van der Waals surface area contributed by atoms with Crippen LogP contribution >= 0.6 is 0 Å². The Kier molecular flexibility index (Phi) is 5.40. The average molecular weight is 278 g/mol. The van der Waals surface area contributed by atoms with Crippen molar-refractivity contribution in [2.24, 2.45) is 0 Å². The molecule has 0 saturated heterocycles. The Hall–Kier alpha value is -2.70. The molecule has 1 aromatic carbocycles. The molecule has 1 unspecified atom stereocenters. The smallest absolute Gasteiger partial charge is 0.326 e. The van der Waals surface area contributed by atoms with Crippen LogP contribution in [0.2, 0.25) is 0 Å². The van der Waals surface area contributed by atoms with E-state index in [4.69, 9.17) is 10.5 Å². The highest BCUT2D eigenvalue weighted by Gasteiger charge is 2.24. The van der Waals surface area contributed by atoms with Gasteiger partial charge < -0.3 is 20.6 Å². The van der Waals surface area contributed by atoms with E-state index < -0.39 is 30.3 Å². The molecule has 106 valence electrons. The Morgan fingerprint density at radius 2 is 1.95 bits per heavy atom. The number of carbonyl (C=O) groups excluding carboxylic acids is 2. The fourth-order valence-electron chi connectivity index (χ4n) is 1.42. The summed E-state index contributed by atoms with van der Waals surface area (Å²) in [5, 5.41) is 18.2. The molecular weight excluding hydrogens is 264 g/mol. The van der Waals surface area contributed by atoms with Crippen molar-refractivity contribution in [3.8, 4) is 0 Å². The largest absolute Gasteiger partial charge is 0.480 e. The molecule has 0 aliphatic carbocycles. The number of nitrogens with one attached hydrogen (secondary N) is 2. The molecule has 1 rings (SSSR count). The van der Waals surface area contributed by atoms with Gasteiger partial charge in [0.15, 0.2) is 0 Å². The number of carbonyl (C=O) groups is 3. The van der Waals surface area contributed by atoms with Crippen molar-refractivity contribution in [1.29, 1.82) is 5.41 Å². The van der Waals surface area contributed by atoms with Gasteiger partial charge in [-0.2, -0.15) is 0 Å². The predicted molar refractivity (Wildman–Crippen MR) is 69.9 cm³/mol. The van der Waals surface area contributed by atoms with Gasteiger partial charge in [-0.3, -0.25) is 9.59 Å². The molecule has 0 aromatic heterocycles. The van der Waals surface area contributed by atoms with E-state index in [0.29, 0.717) is 5.56 Å². The maximum absolute atomic E-state index is 11.8. The molecule has 0 fully saturated rings. The third-order valence-corrected chi connectivity index (χ3v) is 2.54. The Balaban J connectivity index is 2.76. The van der Waals surface area contributed by atoms with Gasteiger partial charge in [-0.05, 0) is 17.7 Å². The van der Waals surface area contributed by atoms with Crippen LogP contribution in [-0.2, 0) is 14.3 Å². The maximum atomic E-state index is 11.8. The number of hydrogen-bond acceptors (Lipinski definition) is 5. The minimum absolute atomic E-state index is 0.242. The number of carboxylic acids is 1. The highest BCUT2D eigenvalue weighted by molar-refractivity contribution is 5.97. The maximum Gasteiger partial charge on any atom is 0.326 e. The van der Waals surface area contributed by atoms with Gasteiger partial charge in [-0.15, -0.1) is 0 Å². The summed E-state index contributed by atoms with van der Waals surface area (Å²) in [6, 6.07) is 4.69. The SMILES string of the molecule is COC(=O)CC(NC(=O)c1ccc(C=N)cc1)C(=O)O. The van der Waals surface area contributed by atoms with Crippen LogP contribution in [0.15, 0.2) is 24.3 Å². The molecule has 1 atom stereocenters. The molecule has 20 heavy (non-hydrogen) atoms. The standard InChI is InChI=1S/C13H14N2O5/c1-20-11(16)6-10(13(18)19)15-12(17)9-4-2-8(7-14)3-5-9/h2-5,7,10,14H,6H2,1H3,(H,15,17)(H,18,19). The predicted octanol–water partition coefficient (Wildman–Crippen LogP) is 0.430. The molecule has 0 aliphatic heterocycles. The normalized spacial score (nSPS) is 11.2. The second-order valence-corrected chi connectivity index (χ2v) is 3.91. The summed E-state index contributed by atoms with van der Waals surface area (Å²) in [6.07, 6.45) is 0.676. The van der Waals surface area contributed by atoms with Gasteiger partial charge in [0.2, 0.25) is 0 Å². The van der Waals surface area contributed by atoms with Gasteiger partial charge in [0, 0.05) is 11.8 Å². The van der Waals surface area contributed by atoms with Crippen molar-refractivity contribution in [2.75, 3.05) is 7.11 Å². The number of ether oxygens (including phenoxy) is 1. The summed E-state index contributed by atoms with van der Waals surface area (Å²) in [6.45, 7) is 0. The van der Waals surface area contributed by atoms with Crippen molar-refractivity contribution in [3.63, 3.8) is 0 Å². The lowest BCUT2D eigenvalue weighted by Gasteiger charge is -2.13. The van der Waals surface area contributed by atoms with Crippen LogP contribution in [0.1, 0.15) is 22.3 Å². The van der Waals surface area contributed by atoms with Gasteiger partial charge >= 0.3 is 11.9 Å². The van der Waals surface area contributed by atoms with E-state index in [1.807, 2.05) is 0 Å². The molecule has 0 radical (unpaired) electrons. The Labute approximate surface area is 115 Å². The Morgan fingerprint density at radius 3 is 2.40 bits per heavy atom. The molecule has 0 bridgehead atoms. The topological polar surface area (TPSA) is 117 Å². The monoisotopic (exact) mass is 278 g/mol. The zero-order chi connectivity index (χ0) is 15.1. The molecule has 0 spiro atoms. The summed E-state index contributed by atoms with van der Waals surface area (Å²) in [5.41, 5.74) is 0.859. The van der Waals surface area contributed by atoms with Crippen molar-refractivity contribution >= 4 is 24.1 Å². The first-order valence-electron chi connectivity index (χ1n) is 5.69. The number of carboxylic acid groups (broad SMARTS) is 1. The van der Waals surface area contributed by atoms with E-state index in [9.17, 15) is 14.4 Å². The summed E-state index contributed by atoms with van der Waals surface area (Å²) in [5.74, 6) is -2.66. The first-order chi connectivity index (χ1) is 9.47. The quantitative estimate of drug-likeness (QED) is 0.515. The van der Waals surface area contributed by atoms with Crippen molar-refractivity contribution in [3.05, 3.63) is 35.4 Å². The first-order valence-corrected chi connectivity index (χ1v) is 5.69. The summed E-state index contributed by atoms with van der Waals surface area (Å²) >= 11 is 0. The van der Waals surface area contributed by atoms with E-state index >= 15 is 0 Å². The fourth-order valence-corrected chi connectivity index (χ4v) is 1.42. The molecule has 0 aliphatic rings. The number of amides is 1. The highest BCUT2D eigenvalue weighted by Crippen LogP contribution is 2.04. The Bertz CT molecular complexity index is 524. The minimum Gasteiger partial charge on any atom is -0.480 e. The van der Waals surface area contributed by atoms with E-state index in [2.05, 4.69) is 10.1 Å². The highest BCUT2D eigenvalue weighted by atomic mass is 16.5. The van der Waals surface area contributed by atoms with Crippen LogP contribution in [0, 0.1) is 5.41 Å². The molecule has 0 heterocycles. The summed E-state index contributed by atoms with van der Waals surface area (Å²) in [4.78, 5) is 33.9. The average Bonchev–Trinajstić information content (AvgIpc) is 2.46. The molecular formula is C13H14N2O5. The molecule has 1 aromatic rings. The summed E-state index contributed by atoms with van der Waals surface area (Å²) < 4.78 is 4.37. The lowest BCUT2D eigenvalue weighted by Crippen LogP contribution is -2.42. The molecule has 7 heteroatoms. The number of methoxy groups -OCH3 is 1. The third-order valence-electron chi connectivity index (χ3n) is 2.54. The number of hydrogen-bond donors (Lipinski definition) is 3. The molecule has 1 amide bonds. The Morgan fingerprint density at radius 1 is 1.35 bits per heavy atom. The molecule has 3 N–H and O–H groups in total. The van der Waals surface area contributed by atoms with Crippen LogP contribution in [-0.4, -0.2) is 42.3 Å². The van der Waals surface area contributed by atoms with Crippen LogP contribution in [0.3, 0.4) is 0 Å². The van der Waals surface area contributed by atoms with Gasteiger partial charge in [0.25, 0.3) is 5.91 Å². The molecule has 0 saturated carbocycles. The van der Waals surface area contributed by atoms with Crippen LogP contribution in [0.4, 0.5) is 0 Å². The van der Waals surface area contributed by atoms with Crippen LogP contribution in [0.25, 0.3) is 0 Å². The van der Waals surface area contributed by atoms with Crippen LogP contribution < -0.4 is 5.32 Å².